The maximum Gasteiger partial charge on any atom is 0.295 e. The maximum absolute atomic E-state index is 13.0. The molecule has 0 spiro atoms. The predicted molar refractivity (Wildman–Crippen MR) is 116 cm³/mol. The summed E-state index contributed by atoms with van der Waals surface area (Å²) in [5, 5.41) is 11.1. The summed E-state index contributed by atoms with van der Waals surface area (Å²) in [6, 6.07) is 13.2. The quantitative estimate of drug-likeness (QED) is 0.286. The molecule has 0 bridgehead atoms. The Kier molecular flexibility index (Phi) is 7.31. The number of aliphatic hydroxyl groups excluding tert-OH is 1. The molecule has 1 atom stereocenters. The zero-order valence-electron chi connectivity index (χ0n) is 18.0. The lowest BCUT2D eigenvalue weighted by Gasteiger charge is -2.25. The minimum absolute atomic E-state index is 0.0554. The molecule has 3 rings (SSSR count). The highest BCUT2D eigenvalue weighted by Crippen LogP contribution is 2.40. The van der Waals surface area contributed by atoms with Crippen LogP contribution in [0.2, 0.25) is 0 Å². The van der Waals surface area contributed by atoms with Gasteiger partial charge in [-0.25, -0.2) is 0 Å². The molecule has 164 valence electrons. The second-order valence-electron chi connectivity index (χ2n) is 7.07. The Morgan fingerprint density at radius 1 is 1.06 bits per heavy atom. The molecule has 1 saturated heterocycles. The van der Waals surface area contributed by atoms with Crippen LogP contribution in [0.3, 0.4) is 0 Å². The first kappa shape index (κ1) is 22.4. The smallest absolute Gasteiger partial charge is 0.295 e. The van der Waals surface area contributed by atoms with Gasteiger partial charge in [0, 0.05) is 25.8 Å². The van der Waals surface area contributed by atoms with Crippen molar-refractivity contribution in [1.29, 1.82) is 0 Å². The summed E-state index contributed by atoms with van der Waals surface area (Å²) in [5.41, 5.74) is 1.18. The van der Waals surface area contributed by atoms with Gasteiger partial charge in [-0.2, -0.15) is 0 Å². The second kappa shape index (κ2) is 10.1. The third-order valence-corrected chi connectivity index (χ3v) is 5.14. The normalized spacial score (nSPS) is 17.8. The van der Waals surface area contributed by atoms with Gasteiger partial charge in [0.25, 0.3) is 11.7 Å². The molecule has 1 aliphatic rings. The van der Waals surface area contributed by atoms with E-state index in [2.05, 4.69) is 0 Å². The molecular formula is C24H27NO6. The number of methoxy groups -OCH3 is 2. The number of benzene rings is 2. The summed E-state index contributed by atoms with van der Waals surface area (Å²) >= 11 is 0. The van der Waals surface area contributed by atoms with Crippen molar-refractivity contribution in [1.82, 2.24) is 4.90 Å². The molecule has 1 aliphatic heterocycles. The highest BCUT2D eigenvalue weighted by atomic mass is 16.5. The molecule has 1 heterocycles. The van der Waals surface area contributed by atoms with E-state index in [1.165, 1.54) is 12.0 Å². The molecule has 0 aromatic heterocycles. The first-order chi connectivity index (χ1) is 15.0. The van der Waals surface area contributed by atoms with Crippen LogP contribution in [-0.2, 0) is 14.3 Å². The summed E-state index contributed by atoms with van der Waals surface area (Å²) in [5.74, 6) is -0.354. The van der Waals surface area contributed by atoms with Crippen LogP contribution >= 0.6 is 0 Å². The summed E-state index contributed by atoms with van der Waals surface area (Å²) < 4.78 is 15.8. The largest absolute Gasteiger partial charge is 0.507 e. The minimum atomic E-state index is -0.711. The third-order valence-electron chi connectivity index (χ3n) is 5.14. The van der Waals surface area contributed by atoms with Gasteiger partial charge < -0.3 is 24.2 Å². The number of likely N-dealkylation sites (tertiary alicyclic amines) is 1. The lowest BCUT2D eigenvalue weighted by Crippen LogP contribution is -2.31. The molecule has 0 saturated carbocycles. The van der Waals surface area contributed by atoms with Gasteiger partial charge in [-0.3, -0.25) is 9.59 Å². The number of hydrogen-bond donors (Lipinski definition) is 1. The average Bonchev–Trinajstić information content (AvgIpc) is 3.04. The standard InChI is InChI=1S/C24H27NO6/c1-4-31-18-11-9-16(10-12-18)21-20(22(26)17-7-5-8-19(15-17)30-3)23(27)24(28)25(21)13-6-14-29-2/h5,7-12,15,21,26H,4,6,13-14H2,1-3H3/b22-20+. The van der Waals surface area contributed by atoms with Gasteiger partial charge >= 0.3 is 0 Å². The number of carbonyl (C=O) groups is 2. The number of amides is 1. The van der Waals surface area contributed by atoms with Gasteiger partial charge in [0.1, 0.15) is 17.3 Å². The fourth-order valence-electron chi connectivity index (χ4n) is 3.68. The molecule has 1 N–H and O–H groups in total. The van der Waals surface area contributed by atoms with Crippen molar-refractivity contribution in [2.45, 2.75) is 19.4 Å². The summed E-state index contributed by atoms with van der Waals surface area (Å²) in [7, 11) is 3.11. The number of ether oxygens (including phenoxy) is 3. The van der Waals surface area contributed by atoms with Gasteiger partial charge in [0.05, 0.1) is 25.3 Å². The predicted octanol–water partition coefficient (Wildman–Crippen LogP) is 3.55. The summed E-state index contributed by atoms with van der Waals surface area (Å²) in [6.45, 7) is 3.21. The molecule has 1 unspecified atom stereocenters. The molecule has 7 heteroatoms. The molecule has 0 aliphatic carbocycles. The van der Waals surface area contributed by atoms with Crippen molar-refractivity contribution in [3.8, 4) is 11.5 Å². The van der Waals surface area contributed by atoms with Crippen LogP contribution in [0.25, 0.3) is 5.76 Å². The Morgan fingerprint density at radius 2 is 1.81 bits per heavy atom. The lowest BCUT2D eigenvalue weighted by molar-refractivity contribution is -0.140. The number of aliphatic hydroxyl groups is 1. The molecule has 7 nitrogen and oxygen atoms in total. The number of ketones is 1. The Bertz CT molecular complexity index is 966. The number of Topliss-reactive ketones (excluding diaryl/α,β-unsaturated/α-hetero) is 1. The van der Waals surface area contributed by atoms with Gasteiger partial charge in [0.2, 0.25) is 0 Å². The molecule has 1 fully saturated rings. The van der Waals surface area contributed by atoms with Gasteiger partial charge in [-0.15, -0.1) is 0 Å². The first-order valence-corrected chi connectivity index (χ1v) is 10.2. The van der Waals surface area contributed by atoms with Crippen LogP contribution in [0.5, 0.6) is 11.5 Å². The third kappa shape index (κ3) is 4.72. The van der Waals surface area contributed by atoms with Crippen molar-refractivity contribution >= 4 is 17.4 Å². The van der Waals surface area contributed by atoms with Crippen molar-refractivity contribution in [3.05, 3.63) is 65.2 Å². The van der Waals surface area contributed by atoms with Crippen LogP contribution in [0.1, 0.15) is 30.5 Å². The van der Waals surface area contributed by atoms with E-state index in [1.807, 2.05) is 19.1 Å². The SMILES string of the molecule is CCOc1ccc(C2/C(=C(\O)c3cccc(OC)c3)C(=O)C(=O)N2CCCOC)cc1. The Hall–Kier alpha value is -3.32. The van der Waals surface area contributed by atoms with Gasteiger partial charge in [-0.05, 0) is 43.2 Å². The van der Waals surface area contributed by atoms with Crippen molar-refractivity contribution < 1.29 is 28.9 Å². The highest BCUT2D eigenvalue weighted by Gasteiger charge is 2.45. The Labute approximate surface area is 181 Å². The van der Waals surface area contributed by atoms with Crippen LogP contribution in [-0.4, -0.2) is 55.7 Å². The van der Waals surface area contributed by atoms with Crippen LogP contribution in [0, 0.1) is 0 Å². The van der Waals surface area contributed by atoms with Crippen LogP contribution < -0.4 is 9.47 Å². The fourth-order valence-corrected chi connectivity index (χ4v) is 3.68. The van der Waals surface area contributed by atoms with E-state index in [0.29, 0.717) is 48.8 Å². The molecule has 31 heavy (non-hydrogen) atoms. The van der Waals surface area contributed by atoms with Gasteiger partial charge in [0.15, 0.2) is 0 Å². The monoisotopic (exact) mass is 425 g/mol. The second-order valence-corrected chi connectivity index (χ2v) is 7.07. The molecule has 0 radical (unpaired) electrons. The number of rotatable bonds is 9. The van der Waals surface area contributed by atoms with E-state index in [9.17, 15) is 14.7 Å². The zero-order valence-corrected chi connectivity index (χ0v) is 18.0. The van der Waals surface area contributed by atoms with Crippen molar-refractivity contribution in [3.63, 3.8) is 0 Å². The average molecular weight is 425 g/mol. The summed E-state index contributed by atoms with van der Waals surface area (Å²) in [4.78, 5) is 27.3. The van der Waals surface area contributed by atoms with Crippen molar-refractivity contribution in [2.75, 3.05) is 34.0 Å². The van der Waals surface area contributed by atoms with E-state index in [1.54, 1.807) is 43.5 Å². The molecule has 1 amide bonds. The first-order valence-electron chi connectivity index (χ1n) is 10.2. The Morgan fingerprint density at radius 3 is 2.45 bits per heavy atom. The van der Waals surface area contributed by atoms with Gasteiger partial charge in [-0.1, -0.05) is 24.3 Å². The minimum Gasteiger partial charge on any atom is -0.507 e. The van der Waals surface area contributed by atoms with Crippen LogP contribution in [0.15, 0.2) is 54.1 Å². The zero-order chi connectivity index (χ0) is 22.4. The maximum atomic E-state index is 13.0. The fraction of sp³-hybridized carbons (Fsp3) is 0.333. The Balaban J connectivity index is 2.09. The molecule has 2 aromatic rings. The highest BCUT2D eigenvalue weighted by molar-refractivity contribution is 6.46. The molecular weight excluding hydrogens is 398 g/mol. The van der Waals surface area contributed by atoms with Crippen molar-refractivity contribution in [2.24, 2.45) is 0 Å². The number of nitrogens with zero attached hydrogens (tertiary/aromatic N) is 1. The number of carbonyl (C=O) groups excluding carboxylic acids is 2. The molecule has 2 aromatic carbocycles. The van der Waals surface area contributed by atoms with E-state index >= 15 is 0 Å². The lowest BCUT2D eigenvalue weighted by atomic mass is 9.95. The van der Waals surface area contributed by atoms with E-state index in [0.717, 1.165) is 0 Å². The topological polar surface area (TPSA) is 85.3 Å². The number of hydrogen-bond acceptors (Lipinski definition) is 6. The van der Waals surface area contributed by atoms with E-state index in [4.69, 9.17) is 14.2 Å². The van der Waals surface area contributed by atoms with Crippen LogP contribution in [0.4, 0.5) is 0 Å². The summed E-state index contributed by atoms with van der Waals surface area (Å²) in [6.07, 6.45) is 0.566. The van der Waals surface area contributed by atoms with E-state index in [-0.39, 0.29) is 11.3 Å². The van der Waals surface area contributed by atoms with E-state index < -0.39 is 17.7 Å².